The van der Waals surface area contributed by atoms with Crippen LogP contribution >= 0.6 is 23.4 Å². The predicted octanol–water partition coefficient (Wildman–Crippen LogP) is 5.63. The number of hydrogen-bond acceptors (Lipinski definition) is 10. The predicted molar refractivity (Wildman–Crippen MR) is 146 cm³/mol. The van der Waals surface area contributed by atoms with E-state index < -0.39 is 44.8 Å². The van der Waals surface area contributed by atoms with Crippen LogP contribution in [0.2, 0.25) is 5.02 Å². The van der Waals surface area contributed by atoms with Gasteiger partial charge >= 0.3 is 5.69 Å². The van der Waals surface area contributed by atoms with Gasteiger partial charge in [-0.25, -0.2) is 0 Å². The van der Waals surface area contributed by atoms with E-state index in [1.807, 2.05) is 0 Å². The number of imide groups is 1. The van der Waals surface area contributed by atoms with E-state index in [1.54, 1.807) is 24.3 Å². The average Bonchev–Trinajstić information content (AvgIpc) is 3.17. The first-order valence-corrected chi connectivity index (χ1v) is 12.3. The number of nitrogens with one attached hydrogen (secondary N) is 1. The van der Waals surface area contributed by atoms with Crippen LogP contribution in [0.15, 0.2) is 65.6 Å². The van der Waals surface area contributed by atoms with Gasteiger partial charge in [0.2, 0.25) is 11.7 Å². The van der Waals surface area contributed by atoms with E-state index in [0.29, 0.717) is 28.0 Å². The van der Waals surface area contributed by atoms with E-state index in [4.69, 9.17) is 21.1 Å². The highest BCUT2D eigenvalue weighted by molar-refractivity contribution is 8.18. The maximum absolute atomic E-state index is 12.8. The first kappa shape index (κ1) is 28.1. The Morgan fingerprint density at radius 2 is 1.70 bits per heavy atom. The van der Waals surface area contributed by atoms with Crippen molar-refractivity contribution in [3.63, 3.8) is 0 Å². The number of non-ortho nitro benzene ring substituents is 1. The Labute approximate surface area is 234 Å². The molecule has 0 atom stereocenters. The van der Waals surface area contributed by atoms with E-state index in [-0.39, 0.29) is 22.2 Å². The molecule has 0 radical (unpaired) electrons. The fourth-order valence-corrected chi connectivity index (χ4v) is 4.45. The number of benzene rings is 3. The highest BCUT2D eigenvalue weighted by Gasteiger charge is 2.36. The number of nitro benzene ring substituents is 2. The number of hydrogen-bond donors (Lipinski definition) is 1. The number of nitro groups is 2. The zero-order chi connectivity index (χ0) is 29.0. The number of carbonyl (C=O) groups is 3. The molecule has 0 spiro atoms. The van der Waals surface area contributed by atoms with Crippen molar-refractivity contribution in [1.29, 1.82) is 0 Å². The number of anilines is 1. The van der Waals surface area contributed by atoms with Crippen molar-refractivity contribution in [3.05, 3.63) is 96.4 Å². The topological polar surface area (TPSA) is 171 Å². The molecule has 0 aliphatic carbocycles. The lowest BCUT2D eigenvalue weighted by atomic mass is 10.1. The van der Waals surface area contributed by atoms with Gasteiger partial charge in [-0.15, -0.1) is 0 Å². The monoisotopic (exact) mass is 584 g/mol. The molecule has 13 nitrogen and oxygen atoms in total. The van der Waals surface area contributed by atoms with Gasteiger partial charge < -0.3 is 14.8 Å². The van der Waals surface area contributed by atoms with Crippen molar-refractivity contribution in [2.75, 3.05) is 19.0 Å². The molecule has 1 heterocycles. The summed E-state index contributed by atoms with van der Waals surface area (Å²) in [5.41, 5.74) is -0.212. The third-order valence-corrected chi connectivity index (χ3v) is 6.52. The van der Waals surface area contributed by atoms with Crippen LogP contribution in [0.4, 0.5) is 21.9 Å². The Hall–Kier alpha value is -4.95. The van der Waals surface area contributed by atoms with E-state index in [2.05, 4.69) is 5.32 Å². The minimum absolute atomic E-state index is 0.0589. The number of rotatable bonds is 9. The van der Waals surface area contributed by atoms with Gasteiger partial charge in [-0.1, -0.05) is 17.7 Å². The maximum atomic E-state index is 12.8. The molecular weight excluding hydrogens is 568 g/mol. The summed E-state index contributed by atoms with van der Waals surface area (Å²) in [7, 11) is 1.32. The second kappa shape index (κ2) is 11.8. The van der Waals surface area contributed by atoms with Gasteiger partial charge in [-0.05, 0) is 65.9 Å². The highest BCUT2D eigenvalue weighted by atomic mass is 35.5. The Balaban J connectivity index is 1.50. The minimum atomic E-state index is -0.811. The molecule has 4 rings (SSSR count). The number of carbonyl (C=O) groups excluding carboxylic acids is 3. The average molecular weight is 585 g/mol. The molecule has 1 saturated heterocycles. The molecule has 0 saturated carbocycles. The fraction of sp³-hybridized carbons (Fsp3) is 0.0800. The van der Waals surface area contributed by atoms with Crippen molar-refractivity contribution < 1.29 is 33.7 Å². The summed E-state index contributed by atoms with van der Waals surface area (Å²) < 4.78 is 10.9. The van der Waals surface area contributed by atoms with Gasteiger partial charge in [0, 0.05) is 16.8 Å². The van der Waals surface area contributed by atoms with Gasteiger partial charge in [0.15, 0.2) is 11.5 Å². The normalized spacial score (nSPS) is 13.8. The molecule has 40 heavy (non-hydrogen) atoms. The molecule has 204 valence electrons. The van der Waals surface area contributed by atoms with Crippen LogP contribution < -0.4 is 14.8 Å². The molecule has 3 amide bonds. The highest BCUT2D eigenvalue weighted by Crippen LogP contribution is 2.39. The summed E-state index contributed by atoms with van der Waals surface area (Å²) >= 11 is 6.48. The van der Waals surface area contributed by atoms with E-state index in [0.717, 1.165) is 23.1 Å². The molecule has 1 aliphatic heterocycles. The van der Waals surface area contributed by atoms with Gasteiger partial charge in [0.05, 0.1) is 27.9 Å². The second-order valence-corrected chi connectivity index (χ2v) is 9.43. The standard InChI is InChI=1S/C25H17ClN4O9S/c1-38-21-10-14(2-8-20(21)39-19-9-7-17(29(34)35)12-18(19)30(36)37)11-22-24(32)28(25(33)40-22)13-23(31)27-16-5-3-15(26)4-6-16/h2-12H,13H2,1H3,(H,27,31)/b22-11+. The third-order valence-electron chi connectivity index (χ3n) is 5.36. The van der Waals surface area contributed by atoms with Crippen molar-refractivity contribution in [1.82, 2.24) is 4.90 Å². The number of halogens is 1. The lowest BCUT2D eigenvalue weighted by Gasteiger charge is -2.12. The van der Waals surface area contributed by atoms with Gasteiger partial charge in [-0.2, -0.15) is 0 Å². The van der Waals surface area contributed by atoms with Crippen molar-refractivity contribution in [2.24, 2.45) is 0 Å². The third kappa shape index (κ3) is 6.36. The van der Waals surface area contributed by atoms with Crippen LogP contribution in [0, 0.1) is 20.2 Å². The van der Waals surface area contributed by atoms with E-state index >= 15 is 0 Å². The molecule has 1 aliphatic rings. The zero-order valence-corrected chi connectivity index (χ0v) is 21.9. The van der Waals surface area contributed by atoms with Crippen molar-refractivity contribution in [2.45, 2.75) is 0 Å². The Morgan fingerprint density at radius 3 is 2.35 bits per heavy atom. The van der Waals surface area contributed by atoms with Gasteiger partial charge in [-0.3, -0.25) is 39.5 Å². The van der Waals surface area contributed by atoms with Crippen LogP contribution in [-0.4, -0.2) is 45.5 Å². The fourth-order valence-electron chi connectivity index (χ4n) is 3.49. The minimum Gasteiger partial charge on any atom is -0.493 e. The quantitative estimate of drug-likeness (QED) is 0.189. The van der Waals surface area contributed by atoms with Gasteiger partial charge in [0.25, 0.3) is 16.8 Å². The number of ether oxygens (including phenoxy) is 2. The van der Waals surface area contributed by atoms with Gasteiger partial charge in [0.1, 0.15) is 6.54 Å². The van der Waals surface area contributed by atoms with Crippen LogP contribution in [0.25, 0.3) is 6.08 Å². The first-order valence-electron chi connectivity index (χ1n) is 11.1. The first-order chi connectivity index (χ1) is 19.0. The number of amides is 3. The Morgan fingerprint density at radius 1 is 1.00 bits per heavy atom. The van der Waals surface area contributed by atoms with Crippen LogP contribution in [0.3, 0.4) is 0 Å². The van der Waals surface area contributed by atoms with E-state index in [9.17, 15) is 34.6 Å². The summed E-state index contributed by atoms with van der Waals surface area (Å²) in [6.45, 7) is -0.491. The van der Waals surface area contributed by atoms with Crippen LogP contribution in [-0.2, 0) is 9.59 Å². The molecule has 1 fully saturated rings. The van der Waals surface area contributed by atoms with Crippen molar-refractivity contribution in [3.8, 4) is 17.2 Å². The largest absolute Gasteiger partial charge is 0.493 e. The molecule has 15 heteroatoms. The summed E-state index contributed by atoms with van der Waals surface area (Å²) in [5.74, 6) is -1.30. The summed E-state index contributed by atoms with van der Waals surface area (Å²) in [6.07, 6.45) is 1.42. The lowest BCUT2D eigenvalue weighted by molar-refractivity contribution is -0.394. The molecule has 0 aromatic heterocycles. The second-order valence-electron chi connectivity index (χ2n) is 8.00. The SMILES string of the molecule is COc1cc(/C=C2/SC(=O)N(CC(=O)Nc3ccc(Cl)cc3)C2=O)ccc1Oc1ccc([N+](=O)[O-])cc1[N+](=O)[O-]. The van der Waals surface area contributed by atoms with Crippen LogP contribution in [0.1, 0.15) is 5.56 Å². The molecule has 3 aromatic rings. The molecule has 0 bridgehead atoms. The lowest BCUT2D eigenvalue weighted by Crippen LogP contribution is -2.36. The van der Waals surface area contributed by atoms with Crippen molar-refractivity contribution >= 4 is 63.6 Å². The number of methoxy groups -OCH3 is 1. The number of thioether (sulfide) groups is 1. The Kier molecular flexibility index (Phi) is 8.31. The summed E-state index contributed by atoms with van der Waals surface area (Å²) in [6, 6.07) is 13.7. The number of nitrogens with zero attached hydrogens (tertiary/aromatic N) is 3. The van der Waals surface area contributed by atoms with Crippen LogP contribution in [0.5, 0.6) is 17.2 Å². The molecule has 1 N–H and O–H groups in total. The molecule has 3 aromatic carbocycles. The summed E-state index contributed by atoms with van der Waals surface area (Å²) in [5, 5.41) is 24.8. The zero-order valence-electron chi connectivity index (χ0n) is 20.4. The molecule has 0 unspecified atom stereocenters. The Bertz CT molecular complexity index is 1580. The van der Waals surface area contributed by atoms with E-state index in [1.165, 1.54) is 31.4 Å². The summed E-state index contributed by atoms with van der Waals surface area (Å²) in [4.78, 5) is 59.3. The smallest absolute Gasteiger partial charge is 0.318 e. The maximum Gasteiger partial charge on any atom is 0.318 e. The molecular formula is C25H17ClN4O9S.